The lowest BCUT2D eigenvalue weighted by Gasteiger charge is -2.23. The zero-order chi connectivity index (χ0) is 13.0. The van der Waals surface area contributed by atoms with Crippen molar-refractivity contribution < 1.29 is 4.79 Å². The lowest BCUT2D eigenvalue weighted by molar-refractivity contribution is -0.126. The number of carbonyl (C=O) groups excluding carboxylic acids is 1. The summed E-state index contributed by atoms with van der Waals surface area (Å²) in [4.78, 5) is 12.0. The van der Waals surface area contributed by atoms with Gasteiger partial charge in [0.05, 0.1) is 17.2 Å². The van der Waals surface area contributed by atoms with Crippen molar-refractivity contribution in [2.45, 2.75) is 31.8 Å². The third kappa shape index (κ3) is 2.69. The number of nitrogens with zero attached hydrogens (tertiary/aromatic N) is 1. The van der Waals surface area contributed by atoms with Gasteiger partial charge in [-0.15, -0.1) is 0 Å². The van der Waals surface area contributed by atoms with E-state index in [-0.39, 0.29) is 5.91 Å². The van der Waals surface area contributed by atoms with Gasteiger partial charge in [0.2, 0.25) is 5.91 Å². The van der Waals surface area contributed by atoms with Gasteiger partial charge >= 0.3 is 0 Å². The van der Waals surface area contributed by atoms with Crippen LogP contribution in [-0.4, -0.2) is 18.0 Å². The summed E-state index contributed by atoms with van der Waals surface area (Å²) in [6.07, 6.45) is 1.92. The minimum Gasteiger partial charge on any atom is -0.350 e. The Hall–Kier alpha value is -1.86. The number of nitrogens with one attached hydrogen (secondary N) is 2. The van der Waals surface area contributed by atoms with Gasteiger partial charge in [0.15, 0.2) is 0 Å². The number of hydrogen-bond donors (Lipinski definition) is 2. The molecule has 18 heavy (non-hydrogen) atoms. The molecule has 0 spiro atoms. The van der Waals surface area contributed by atoms with Crippen LogP contribution in [-0.2, 0) is 11.3 Å². The third-order valence-corrected chi connectivity index (χ3v) is 3.41. The van der Waals surface area contributed by atoms with E-state index < -0.39 is 5.54 Å². The predicted molar refractivity (Wildman–Crippen MR) is 68.6 cm³/mol. The maximum atomic E-state index is 12.0. The second-order valence-corrected chi connectivity index (χ2v) is 4.85. The van der Waals surface area contributed by atoms with E-state index >= 15 is 0 Å². The minimum absolute atomic E-state index is 0.0457. The minimum atomic E-state index is -0.424. The summed E-state index contributed by atoms with van der Waals surface area (Å²) in [5, 5.41) is 14.9. The molecule has 1 aromatic rings. The first-order valence-corrected chi connectivity index (χ1v) is 6.16. The van der Waals surface area contributed by atoms with Crippen LogP contribution in [0.25, 0.3) is 0 Å². The van der Waals surface area contributed by atoms with Crippen LogP contribution in [0.1, 0.15) is 30.9 Å². The fourth-order valence-electron chi connectivity index (χ4n) is 2.16. The van der Waals surface area contributed by atoms with Crippen LogP contribution in [0.4, 0.5) is 0 Å². The van der Waals surface area contributed by atoms with Gasteiger partial charge in [-0.05, 0) is 44.0 Å². The van der Waals surface area contributed by atoms with Crippen molar-refractivity contribution in [3.63, 3.8) is 0 Å². The number of carbonyl (C=O) groups is 1. The molecule has 0 saturated carbocycles. The molecule has 4 heteroatoms. The van der Waals surface area contributed by atoms with Crippen LogP contribution in [0.3, 0.4) is 0 Å². The van der Waals surface area contributed by atoms with Crippen molar-refractivity contribution in [2.24, 2.45) is 0 Å². The van der Waals surface area contributed by atoms with Gasteiger partial charge in [-0.25, -0.2) is 0 Å². The van der Waals surface area contributed by atoms with Crippen LogP contribution in [0.2, 0.25) is 0 Å². The predicted octanol–water partition coefficient (Wildman–Crippen LogP) is 1.32. The number of rotatable bonds is 3. The molecule has 1 unspecified atom stereocenters. The Bertz CT molecular complexity index is 467. The molecule has 2 rings (SSSR count). The molecule has 0 radical (unpaired) electrons. The SMILES string of the molecule is CC1(C(=O)NCc2ccc(C#N)cc2)CCCN1. The molecule has 1 aromatic carbocycles. The topological polar surface area (TPSA) is 64.9 Å². The van der Waals surface area contributed by atoms with Crippen molar-refractivity contribution in [3.05, 3.63) is 35.4 Å². The van der Waals surface area contributed by atoms with Crippen LogP contribution >= 0.6 is 0 Å². The molecule has 1 aliphatic heterocycles. The average molecular weight is 243 g/mol. The van der Waals surface area contributed by atoms with Gasteiger partial charge in [-0.2, -0.15) is 5.26 Å². The number of benzene rings is 1. The first-order valence-electron chi connectivity index (χ1n) is 6.16. The fourth-order valence-corrected chi connectivity index (χ4v) is 2.16. The monoisotopic (exact) mass is 243 g/mol. The van der Waals surface area contributed by atoms with E-state index in [2.05, 4.69) is 16.7 Å². The fraction of sp³-hybridized carbons (Fsp3) is 0.429. The van der Waals surface area contributed by atoms with Crippen molar-refractivity contribution in [1.29, 1.82) is 5.26 Å². The van der Waals surface area contributed by atoms with E-state index in [9.17, 15) is 4.79 Å². The summed E-state index contributed by atoms with van der Waals surface area (Å²) in [6, 6.07) is 9.32. The lowest BCUT2D eigenvalue weighted by Crippen LogP contribution is -2.50. The molecule has 1 saturated heterocycles. The van der Waals surface area contributed by atoms with E-state index in [0.717, 1.165) is 24.9 Å². The van der Waals surface area contributed by atoms with Crippen LogP contribution in [0.5, 0.6) is 0 Å². The second kappa shape index (κ2) is 5.19. The normalized spacial score (nSPS) is 22.4. The maximum absolute atomic E-state index is 12.0. The summed E-state index contributed by atoms with van der Waals surface area (Å²) >= 11 is 0. The highest BCUT2D eigenvalue weighted by molar-refractivity contribution is 5.86. The van der Waals surface area contributed by atoms with Gasteiger partial charge in [0.1, 0.15) is 0 Å². The maximum Gasteiger partial charge on any atom is 0.240 e. The van der Waals surface area contributed by atoms with E-state index in [1.54, 1.807) is 12.1 Å². The molecule has 2 N–H and O–H groups in total. The zero-order valence-corrected chi connectivity index (χ0v) is 10.5. The Kier molecular flexibility index (Phi) is 3.63. The highest BCUT2D eigenvalue weighted by Crippen LogP contribution is 2.18. The van der Waals surface area contributed by atoms with Crippen LogP contribution < -0.4 is 10.6 Å². The molecule has 1 amide bonds. The highest BCUT2D eigenvalue weighted by Gasteiger charge is 2.35. The summed E-state index contributed by atoms with van der Waals surface area (Å²) < 4.78 is 0. The Morgan fingerprint density at radius 2 is 2.22 bits per heavy atom. The van der Waals surface area contributed by atoms with Gasteiger partial charge in [-0.3, -0.25) is 4.79 Å². The quantitative estimate of drug-likeness (QED) is 0.841. The molecule has 1 fully saturated rings. The van der Waals surface area contributed by atoms with Crippen LogP contribution in [0.15, 0.2) is 24.3 Å². The molecule has 1 aliphatic rings. The van der Waals surface area contributed by atoms with Gasteiger partial charge in [0, 0.05) is 6.54 Å². The highest BCUT2D eigenvalue weighted by atomic mass is 16.2. The summed E-state index contributed by atoms with van der Waals surface area (Å²) in [7, 11) is 0. The first-order chi connectivity index (χ1) is 8.64. The summed E-state index contributed by atoms with van der Waals surface area (Å²) in [6.45, 7) is 3.34. The molecule has 0 aromatic heterocycles. The van der Waals surface area contributed by atoms with Gasteiger partial charge in [-0.1, -0.05) is 12.1 Å². The second-order valence-electron chi connectivity index (χ2n) is 4.85. The first kappa shape index (κ1) is 12.6. The van der Waals surface area contributed by atoms with E-state index in [0.29, 0.717) is 12.1 Å². The number of nitriles is 1. The number of hydrogen-bond acceptors (Lipinski definition) is 3. The Balaban J connectivity index is 1.91. The summed E-state index contributed by atoms with van der Waals surface area (Å²) in [5.74, 6) is 0.0457. The van der Waals surface area contributed by atoms with Gasteiger partial charge < -0.3 is 10.6 Å². The third-order valence-electron chi connectivity index (χ3n) is 3.41. The lowest BCUT2D eigenvalue weighted by atomic mass is 9.99. The molecule has 1 heterocycles. The molecular formula is C14H17N3O. The van der Waals surface area contributed by atoms with Gasteiger partial charge in [0.25, 0.3) is 0 Å². The number of amides is 1. The van der Waals surface area contributed by atoms with Crippen molar-refractivity contribution in [2.75, 3.05) is 6.54 Å². The van der Waals surface area contributed by atoms with E-state index in [1.165, 1.54) is 0 Å². The van der Waals surface area contributed by atoms with E-state index in [1.807, 2.05) is 19.1 Å². The molecular weight excluding hydrogens is 226 g/mol. The standard InChI is InChI=1S/C14H17N3O/c1-14(7-2-8-17-14)13(18)16-10-12-5-3-11(9-15)4-6-12/h3-6,17H,2,7-8,10H2,1H3,(H,16,18). The molecule has 94 valence electrons. The Labute approximate surface area is 107 Å². The largest absolute Gasteiger partial charge is 0.350 e. The molecule has 1 atom stereocenters. The molecule has 0 aliphatic carbocycles. The van der Waals surface area contributed by atoms with Crippen LogP contribution in [0, 0.1) is 11.3 Å². The zero-order valence-electron chi connectivity index (χ0n) is 10.5. The average Bonchev–Trinajstić information content (AvgIpc) is 2.85. The summed E-state index contributed by atoms with van der Waals surface area (Å²) in [5.41, 5.74) is 1.21. The Morgan fingerprint density at radius 1 is 1.50 bits per heavy atom. The molecule has 4 nitrogen and oxygen atoms in total. The smallest absolute Gasteiger partial charge is 0.240 e. The van der Waals surface area contributed by atoms with Crippen molar-refractivity contribution >= 4 is 5.91 Å². The Morgan fingerprint density at radius 3 is 2.78 bits per heavy atom. The molecule has 0 bridgehead atoms. The van der Waals surface area contributed by atoms with E-state index in [4.69, 9.17) is 5.26 Å². The van der Waals surface area contributed by atoms with Crippen molar-refractivity contribution in [1.82, 2.24) is 10.6 Å². The van der Waals surface area contributed by atoms with Crippen molar-refractivity contribution in [3.8, 4) is 6.07 Å².